The van der Waals surface area contributed by atoms with Gasteiger partial charge < -0.3 is 14.4 Å². The van der Waals surface area contributed by atoms with Crippen molar-refractivity contribution in [2.24, 2.45) is 0 Å². The molecule has 1 saturated heterocycles. The largest absolute Gasteiger partial charge is 0.497 e. The van der Waals surface area contributed by atoms with Crippen molar-refractivity contribution >= 4 is 17.2 Å². The lowest BCUT2D eigenvalue weighted by atomic mass is 10.2. The number of carbonyl (C=O) groups excluding carboxylic acids is 1. The maximum atomic E-state index is 12.6. The Morgan fingerprint density at radius 2 is 2.22 bits per heavy atom. The van der Waals surface area contributed by atoms with Crippen LogP contribution >= 0.6 is 11.3 Å². The van der Waals surface area contributed by atoms with Crippen LogP contribution in [0.2, 0.25) is 0 Å². The van der Waals surface area contributed by atoms with Crippen molar-refractivity contribution in [2.75, 3.05) is 26.8 Å². The van der Waals surface area contributed by atoms with Gasteiger partial charge in [-0.3, -0.25) is 4.79 Å². The molecule has 1 aliphatic rings. The summed E-state index contributed by atoms with van der Waals surface area (Å²) in [6, 6.07) is 7.69. The Hall–Kier alpha value is -1.92. The smallest absolute Gasteiger partial charge is 0.273 e. The van der Waals surface area contributed by atoms with Gasteiger partial charge in [-0.2, -0.15) is 0 Å². The van der Waals surface area contributed by atoms with Crippen LogP contribution in [0.15, 0.2) is 29.6 Å². The van der Waals surface area contributed by atoms with E-state index in [-0.39, 0.29) is 12.0 Å². The van der Waals surface area contributed by atoms with Gasteiger partial charge in [0.05, 0.1) is 19.8 Å². The standard InChI is InChI=1S/C17H20N2O3S/c1-3-13-10-19(8-9-22-13)17(20)15-11-23-16(18-15)12-4-6-14(21-2)7-5-12/h4-7,11,13H,3,8-10H2,1-2H3/t13-/m1/s1. The predicted octanol–water partition coefficient (Wildman–Crippen LogP) is 3.07. The number of methoxy groups -OCH3 is 1. The van der Waals surface area contributed by atoms with E-state index in [9.17, 15) is 4.79 Å². The average molecular weight is 332 g/mol. The van der Waals surface area contributed by atoms with E-state index in [0.717, 1.165) is 22.7 Å². The van der Waals surface area contributed by atoms with E-state index in [2.05, 4.69) is 11.9 Å². The molecule has 0 aliphatic carbocycles. The zero-order valence-corrected chi connectivity index (χ0v) is 14.1. The van der Waals surface area contributed by atoms with Gasteiger partial charge >= 0.3 is 0 Å². The van der Waals surface area contributed by atoms with E-state index in [4.69, 9.17) is 9.47 Å². The van der Waals surface area contributed by atoms with Crippen molar-refractivity contribution in [2.45, 2.75) is 19.4 Å². The molecule has 23 heavy (non-hydrogen) atoms. The van der Waals surface area contributed by atoms with Gasteiger partial charge in [-0.25, -0.2) is 4.98 Å². The molecule has 6 heteroatoms. The van der Waals surface area contributed by atoms with Gasteiger partial charge in [0.2, 0.25) is 0 Å². The highest BCUT2D eigenvalue weighted by Crippen LogP contribution is 2.26. The molecule has 1 aliphatic heterocycles. The van der Waals surface area contributed by atoms with Gasteiger partial charge in [0, 0.05) is 24.0 Å². The molecule has 1 aromatic carbocycles. The summed E-state index contributed by atoms with van der Waals surface area (Å²) in [7, 11) is 1.64. The number of nitrogens with zero attached hydrogens (tertiary/aromatic N) is 2. The number of ether oxygens (including phenoxy) is 2. The molecule has 0 N–H and O–H groups in total. The first-order valence-corrected chi connectivity index (χ1v) is 8.60. The molecule has 2 aromatic rings. The highest BCUT2D eigenvalue weighted by atomic mass is 32.1. The monoisotopic (exact) mass is 332 g/mol. The van der Waals surface area contributed by atoms with Crippen molar-refractivity contribution in [3.05, 3.63) is 35.3 Å². The average Bonchev–Trinajstić information content (AvgIpc) is 3.11. The molecule has 122 valence electrons. The first kappa shape index (κ1) is 16.0. The number of thiazole rings is 1. The molecule has 0 bridgehead atoms. The summed E-state index contributed by atoms with van der Waals surface area (Å²) >= 11 is 1.48. The summed E-state index contributed by atoms with van der Waals surface area (Å²) in [5.74, 6) is 0.795. The number of hydrogen-bond acceptors (Lipinski definition) is 5. The molecule has 3 rings (SSSR count). The minimum atomic E-state index is -0.0113. The summed E-state index contributed by atoms with van der Waals surface area (Å²) in [5.41, 5.74) is 1.50. The van der Waals surface area contributed by atoms with Crippen LogP contribution < -0.4 is 4.74 Å². The van der Waals surface area contributed by atoms with Crippen molar-refractivity contribution < 1.29 is 14.3 Å². The van der Waals surface area contributed by atoms with E-state index in [1.54, 1.807) is 7.11 Å². The number of hydrogen-bond donors (Lipinski definition) is 0. The highest BCUT2D eigenvalue weighted by Gasteiger charge is 2.25. The van der Waals surface area contributed by atoms with E-state index in [0.29, 0.717) is 25.4 Å². The van der Waals surface area contributed by atoms with Crippen molar-refractivity contribution in [3.8, 4) is 16.3 Å². The quantitative estimate of drug-likeness (QED) is 0.863. The summed E-state index contributed by atoms with van der Waals surface area (Å²) in [4.78, 5) is 18.9. The molecular formula is C17H20N2O3S. The number of amides is 1. The first-order chi connectivity index (χ1) is 11.2. The van der Waals surface area contributed by atoms with Gasteiger partial charge in [-0.1, -0.05) is 6.92 Å². The lowest BCUT2D eigenvalue weighted by Gasteiger charge is -2.32. The Kier molecular flexibility index (Phi) is 4.93. The van der Waals surface area contributed by atoms with Crippen molar-refractivity contribution in [3.63, 3.8) is 0 Å². The van der Waals surface area contributed by atoms with Crippen LogP contribution in [0.4, 0.5) is 0 Å². The van der Waals surface area contributed by atoms with Crippen molar-refractivity contribution in [1.29, 1.82) is 0 Å². The SMILES string of the molecule is CC[C@@H]1CN(C(=O)c2csc(-c3ccc(OC)cc3)n2)CCO1. The fourth-order valence-corrected chi connectivity index (χ4v) is 3.35. The normalized spacial score (nSPS) is 18.0. The molecular weight excluding hydrogens is 312 g/mol. The molecule has 2 heterocycles. The Morgan fingerprint density at radius 1 is 1.43 bits per heavy atom. The van der Waals surface area contributed by atoms with Crippen LogP contribution in [0, 0.1) is 0 Å². The Labute approximate surface area is 139 Å². The zero-order valence-electron chi connectivity index (χ0n) is 13.3. The molecule has 1 atom stereocenters. The Morgan fingerprint density at radius 3 is 2.91 bits per heavy atom. The Bertz CT molecular complexity index is 669. The summed E-state index contributed by atoms with van der Waals surface area (Å²) in [5, 5.41) is 2.68. The van der Waals surface area contributed by atoms with E-state index >= 15 is 0 Å². The zero-order chi connectivity index (χ0) is 16.2. The van der Waals surface area contributed by atoms with Crippen LogP contribution in [0.5, 0.6) is 5.75 Å². The van der Waals surface area contributed by atoms with Gasteiger partial charge in [-0.15, -0.1) is 11.3 Å². The van der Waals surface area contributed by atoms with Crippen LogP contribution in [-0.4, -0.2) is 48.7 Å². The van der Waals surface area contributed by atoms with Gasteiger partial charge in [0.15, 0.2) is 0 Å². The molecule has 0 radical (unpaired) electrons. The lowest BCUT2D eigenvalue weighted by Crippen LogP contribution is -2.45. The summed E-state index contributed by atoms with van der Waals surface area (Å²) < 4.78 is 10.8. The number of carbonyl (C=O) groups is 1. The van der Waals surface area contributed by atoms with Crippen LogP contribution in [-0.2, 0) is 4.74 Å². The topological polar surface area (TPSA) is 51.7 Å². The number of aromatic nitrogens is 1. The second-order valence-electron chi connectivity index (χ2n) is 5.42. The Balaban J connectivity index is 1.74. The van der Waals surface area contributed by atoms with E-state index < -0.39 is 0 Å². The van der Waals surface area contributed by atoms with Crippen molar-refractivity contribution in [1.82, 2.24) is 9.88 Å². The molecule has 1 amide bonds. The lowest BCUT2D eigenvalue weighted by molar-refractivity contribution is -0.0227. The van der Waals surface area contributed by atoms with Crippen LogP contribution in [0.25, 0.3) is 10.6 Å². The van der Waals surface area contributed by atoms with Crippen LogP contribution in [0.1, 0.15) is 23.8 Å². The van der Waals surface area contributed by atoms with E-state index in [1.165, 1.54) is 11.3 Å². The van der Waals surface area contributed by atoms with Crippen LogP contribution in [0.3, 0.4) is 0 Å². The maximum absolute atomic E-state index is 12.6. The minimum Gasteiger partial charge on any atom is -0.497 e. The molecule has 0 unspecified atom stereocenters. The summed E-state index contributed by atoms with van der Waals surface area (Å²) in [6.45, 7) is 3.94. The van der Waals surface area contributed by atoms with E-state index in [1.807, 2.05) is 34.5 Å². The first-order valence-electron chi connectivity index (χ1n) is 7.72. The third kappa shape index (κ3) is 3.54. The van der Waals surface area contributed by atoms with Gasteiger partial charge in [0.1, 0.15) is 16.5 Å². The predicted molar refractivity (Wildman–Crippen MR) is 90.0 cm³/mol. The second kappa shape index (κ2) is 7.10. The number of rotatable bonds is 4. The number of morpholine rings is 1. The number of benzene rings is 1. The van der Waals surface area contributed by atoms with Gasteiger partial charge in [-0.05, 0) is 30.7 Å². The molecule has 0 spiro atoms. The minimum absolute atomic E-state index is 0.0113. The third-order valence-electron chi connectivity index (χ3n) is 3.94. The molecule has 5 nitrogen and oxygen atoms in total. The van der Waals surface area contributed by atoms with Gasteiger partial charge in [0.25, 0.3) is 5.91 Å². The molecule has 0 saturated carbocycles. The summed E-state index contributed by atoms with van der Waals surface area (Å²) in [6.07, 6.45) is 1.05. The molecule has 1 fully saturated rings. The molecule has 1 aromatic heterocycles. The fraction of sp³-hybridized carbons (Fsp3) is 0.412. The highest BCUT2D eigenvalue weighted by molar-refractivity contribution is 7.13. The fourth-order valence-electron chi connectivity index (χ4n) is 2.55. The maximum Gasteiger partial charge on any atom is 0.273 e. The second-order valence-corrected chi connectivity index (χ2v) is 6.28. The third-order valence-corrected chi connectivity index (χ3v) is 4.83.